The third-order valence-electron chi connectivity index (χ3n) is 4.07. The lowest BCUT2D eigenvalue weighted by atomic mass is 9.95. The van der Waals surface area contributed by atoms with Crippen LogP contribution < -0.4 is 0 Å². The summed E-state index contributed by atoms with van der Waals surface area (Å²) in [5, 5.41) is 4.20. The number of alkyl halides is 2. The van der Waals surface area contributed by atoms with Gasteiger partial charge in [-0.3, -0.25) is 9.48 Å². The minimum atomic E-state index is -2.74. The summed E-state index contributed by atoms with van der Waals surface area (Å²) in [6.07, 6.45) is 6.65. The van der Waals surface area contributed by atoms with Crippen molar-refractivity contribution < 1.29 is 13.6 Å². The molecule has 0 radical (unpaired) electrons. The van der Waals surface area contributed by atoms with E-state index >= 15 is 0 Å². The summed E-state index contributed by atoms with van der Waals surface area (Å²) < 4.78 is 27.8. The predicted octanol–water partition coefficient (Wildman–Crippen LogP) is 3.04. The first-order chi connectivity index (χ1) is 9.95. The molecule has 1 unspecified atom stereocenters. The number of rotatable bonds is 6. The van der Waals surface area contributed by atoms with E-state index in [1.165, 1.54) is 4.90 Å². The van der Waals surface area contributed by atoms with E-state index in [9.17, 15) is 13.6 Å². The number of hydrogen-bond donors (Lipinski definition) is 0. The molecule has 1 aromatic rings. The Balaban J connectivity index is 1.94. The summed E-state index contributed by atoms with van der Waals surface area (Å²) in [4.78, 5) is 13.2. The van der Waals surface area contributed by atoms with Gasteiger partial charge in [-0.25, -0.2) is 8.78 Å². The number of amides is 1. The van der Waals surface area contributed by atoms with E-state index < -0.39 is 12.5 Å². The Hall–Kier alpha value is -1.46. The molecule has 6 heteroatoms. The van der Waals surface area contributed by atoms with E-state index in [4.69, 9.17) is 0 Å². The molecule has 2 rings (SSSR count). The molecule has 1 fully saturated rings. The Morgan fingerprint density at radius 1 is 1.48 bits per heavy atom. The van der Waals surface area contributed by atoms with Crippen molar-refractivity contribution in [2.24, 2.45) is 0 Å². The van der Waals surface area contributed by atoms with Crippen molar-refractivity contribution in [3.8, 4) is 0 Å². The van der Waals surface area contributed by atoms with Crippen molar-refractivity contribution in [2.75, 3.05) is 13.1 Å². The first-order valence-corrected chi connectivity index (χ1v) is 7.63. The smallest absolute Gasteiger partial charge is 0.267 e. The van der Waals surface area contributed by atoms with E-state index in [0.717, 1.165) is 24.8 Å². The van der Waals surface area contributed by atoms with Crippen molar-refractivity contribution in [1.29, 1.82) is 0 Å². The van der Waals surface area contributed by atoms with Gasteiger partial charge in [0.2, 0.25) is 5.91 Å². The number of hydrogen-bond acceptors (Lipinski definition) is 2. The zero-order valence-electron chi connectivity index (χ0n) is 12.7. The molecular weight excluding hydrogens is 276 g/mol. The lowest BCUT2D eigenvalue weighted by molar-refractivity contribution is -0.132. The standard InChI is InChI=1S/C15H23F2N3O/c1-3-5-12(4-2)13-8-18-20(9-13)10-14(21)19-7-6-15(16,17)11-19/h8-9,12H,3-7,10-11H2,1-2H3. The summed E-state index contributed by atoms with van der Waals surface area (Å²) in [6.45, 7) is 3.98. The third-order valence-corrected chi connectivity index (χ3v) is 4.07. The van der Waals surface area contributed by atoms with Gasteiger partial charge in [-0.15, -0.1) is 0 Å². The van der Waals surface area contributed by atoms with Crippen LogP contribution in [0.1, 0.15) is 51.0 Å². The maximum absolute atomic E-state index is 13.1. The highest BCUT2D eigenvalue weighted by atomic mass is 19.3. The van der Waals surface area contributed by atoms with E-state index in [0.29, 0.717) is 5.92 Å². The van der Waals surface area contributed by atoms with Gasteiger partial charge in [0.1, 0.15) is 6.54 Å². The van der Waals surface area contributed by atoms with E-state index in [1.807, 2.05) is 6.20 Å². The Labute approximate surface area is 124 Å². The van der Waals surface area contributed by atoms with Crippen molar-refractivity contribution in [3.63, 3.8) is 0 Å². The third kappa shape index (κ3) is 4.02. The first-order valence-electron chi connectivity index (χ1n) is 7.63. The molecule has 0 saturated carbocycles. The van der Waals surface area contributed by atoms with Crippen LogP contribution >= 0.6 is 0 Å². The number of likely N-dealkylation sites (tertiary alicyclic amines) is 1. The molecule has 0 spiro atoms. The van der Waals surface area contributed by atoms with Gasteiger partial charge in [0.05, 0.1) is 12.7 Å². The van der Waals surface area contributed by atoms with Crippen LogP contribution in [-0.2, 0) is 11.3 Å². The maximum atomic E-state index is 13.1. The highest BCUT2D eigenvalue weighted by Gasteiger charge is 2.40. The molecule has 21 heavy (non-hydrogen) atoms. The Morgan fingerprint density at radius 2 is 2.24 bits per heavy atom. The van der Waals surface area contributed by atoms with Crippen molar-refractivity contribution >= 4 is 5.91 Å². The molecule has 118 valence electrons. The Morgan fingerprint density at radius 3 is 2.81 bits per heavy atom. The molecule has 1 atom stereocenters. The largest absolute Gasteiger partial charge is 0.335 e. The zero-order valence-corrected chi connectivity index (χ0v) is 12.7. The first kappa shape index (κ1) is 15.9. The summed E-state index contributed by atoms with van der Waals surface area (Å²) in [6, 6.07) is 0. The highest BCUT2D eigenvalue weighted by molar-refractivity contribution is 5.76. The van der Waals surface area contributed by atoms with Crippen LogP contribution in [0.25, 0.3) is 0 Å². The van der Waals surface area contributed by atoms with E-state index in [1.54, 1.807) is 10.9 Å². The van der Waals surface area contributed by atoms with Gasteiger partial charge in [0.25, 0.3) is 5.92 Å². The Bertz CT molecular complexity index is 487. The highest BCUT2D eigenvalue weighted by Crippen LogP contribution is 2.27. The topological polar surface area (TPSA) is 38.1 Å². The van der Waals surface area contributed by atoms with Gasteiger partial charge in [-0.1, -0.05) is 20.3 Å². The summed E-state index contributed by atoms with van der Waals surface area (Å²) in [5.41, 5.74) is 1.12. The van der Waals surface area contributed by atoms with Crippen LogP contribution in [0.2, 0.25) is 0 Å². The second-order valence-electron chi connectivity index (χ2n) is 5.79. The normalized spacial score (nSPS) is 19.0. The van der Waals surface area contributed by atoms with Gasteiger partial charge < -0.3 is 4.90 Å². The van der Waals surface area contributed by atoms with E-state index in [2.05, 4.69) is 18.9 Å². The average molecular weight is 299 g/mol. The SMILES string of the molecule is CCCC(CC)c1cnn(CC(=O)N2CCC(F)(F)C2)c1. The van der Waals surface area contributed by atoms with Crippen LogP contribution in [0.3, 0.4) is 0 Å². The van der Waals surface area contributed by atoms with Crippen molar-refractivity contribution in [2.45, 2.75) is 57.9 Å². The number of aromatic nitrogens is 2. The predicted molar refractivity (Wildman–Crippen MR) is 76.3 cm³/mol. The molecule has 0 aromatic carbocycles. The molecule has 4 nitrogen and oxygen atoms in total. The van der Waals surface area contributed by atoms with Crippen LogP contribution in [0.5, 0.6) is 0 Å². The van der Waals surface area contributed by atoms with Crippen LogP contribution in [0.4, 0.5) is 8.78 Å². The fraction of sp³-hybridized carbons (Fsp3) is 0.733. The molecule has 2 heterocycles. The molecular formula is C15H23F2N3O. The number of nitrogens with zero attached hydrogens (tertiary/aromatic N) is 3. The van der Waals surface area contributed by atoms with Gasteiger partial charge in [0, 0.05) is 19.2 Å². The van der Waals surface area contributed by atoms with Crippen LogP contribution in [0.15, 0.2) is 12.4 Å². The van der Waals surface area contributed by atoms with Crippen molar-refractivity contribution in [3.05, 3.63) is 18.0 Å². The lowest BCUT2D eigenvalue weighted by Gasteiger charge is -2.16. The summed E-state index contributed by atoms with van der Waals surface area (Å²) >= 11 is 0. The second-order valence-corrected chi connectivity index (χ2v) is 5.79. The van der Waals surface area contributed by atoms with Gasteiger partial charge in [0.15, 0.2) is 0 Å². The fourth-order valence-electron chi connectivity index (χ4n) is 2.82. The fourth-order valence-corrected chi connectivity index (χ4v) is 2.82. The molecule has 0 aliphatic carbocycles. The maximum Gasteiger partial charge on any atom is 0.267 e. The number of carbonyl (C=O) groups is 1. The number of halogens is 2. The summed E-state index contributed by atoms with van der Waals surface area (Å²) in [5.74, 6) is -2.57. The molecule has 0 N–H and O–H groups in total. The van der Waals surface area contributed by atoms with Gasteiger partial charge >= 0.3 is 0 Å². The Kier molecular flexibility index (Phi) is 4.96. The minimum Gasteiger partial charge on any atom is -0.335 e. The van der Waals surface area contributed by atoms with Gasteiger partial charge in [-0.05, 0) is 24.3 Å². The van der Waals surface area contributed by atoms with Crippen LogP contribution in [0, 0.1) is 0 Å². The molecule has 1 aromatic heterocycles. The molecule has 1 amide bonds. The minimum absolute atomic E-state index is 0.0403. The summed E-state index contributed by atoms with van der Waals surface area (Å²) in [7, 11) is 0. The molecule has 1 aliphatic rings. The lowest BCUT2D eigenvalue weighted by Crippen LogP contribution is -2.34. The molecule has 0 bridgehead atoms. The average Bonchev–Trinajstić information content (AvgIpc) is 3.02. The van der Waals surface area contributed by atoms with E-state index in [-0.39, 0.29) is 25.4 Å². The molecule has 1 saturated heterocycles. The second kappa shape index (κ2) is 6.54. The van der Waals surface area contributed by atoms with Crippen LogP contribution in [-0.4, -0.2) is 39.6 Å². The molecule has 1 aliphatic heterocycles. The van der Waals surface area contributed by atoms with Gasteiger partial charge in [-0.2, -0.15) is 5.10 Å². The number of carbonyl (C=O) groups excluding carboxylic acids is 1. The van der Waals surface area contributed by atoms with Crippen molar-refractivity contribution in [1.82, 2.24) is 14.7 Å². The monoisotopic (exact) mass is 299 g/mol. The quantitative estimate of drug-likeness (QED) is 0.809. The zero-order chi connectivity index (χ0) is 15.5.